The van der Waals surface area contributed by atoms with E-state index in [1.165, 1.54) is 0 Å². The molecule has 0 aromatic rings. The largest absolute Gasteiger partial charge is 0.480 e. The summed E-state index contributed by atoms with van der Waals surface area (Å²) in [4.78, 5) is 9.38. The van der Waals surface area contributed by atoms with Crippen molar-refractivity contribution >= 4 is 21.9 Å². The van der Waals surface area contributed by atoms with Gasteiger partial charge in [0.05, 0.1) is 6.10 Å². The second-order valence-electron chi connectivity index (χ2n) is 2.47. The highest BCUT2D eigenvalue weighted by atomic mass is 79.9. The zero-order chi connectivity index (χ0) is 8.31. The van der Waals surface area contributed by atoms with Crippen molar-refractivity contribution in [1.82, 2.24) is 0 Å². The first-order valence-corrected chi connectivity index (χ1v) is 3.93. The fraction of sp³-hybridized carbons (Fsp3) is 0.833. The third-order valence-corrected chi connectivity index (χ3v) is 2.15. The van der Waals surface area contributed by atoms with Gasteiger partial charge in [-0.2, -0.15) is 0 Å². The van der Waals surface area contributed by atoms with Crippen molar-refractivity contribution in [2.75, 3.05) is 0 Å². The average Bonchev–Trinajstić information content (AvgIpc) is 1.84. The Bertz CT molecular complexity index is 124. The summed E-state index contributed by atoms with van der Waals surface area (Å²) >= 11 is 2.86. The second kappa shape index (κ2) is 3.93. The van der Waals surface area contributed by atoms with Gasteiger partial charge in [0, 0.05) is 0 Å². The van der Waals surface area contributed by atoms with Gasteiger partial charge in [0.25, 0.3) is 0 Å². The summed E-state index contributed by atoms with van der Waals surface area (Å²) in [5.41, 5.74) is 0. The Balaban J connectivity index is 3.94. The second-order valence-corrected chi connectivity index (χ2v) is 3.46. The van der Waals surface area contributed by atoms with Crippen molar-refractivity contribution in [3.63, 3.8) is 0 Å². The normalized spacial score (nSPS) is 16.9. The predicted molar refractivity (Wildman–Crippen MR) is 41.2 cm³/mol. The molecule has 0 aromatic carbocycles. The lowest BCUT2D eigenvalue weighted by molar-refractivity contribution is -0.138. The van der Waals surface area contributed by atoms with E-state index in [4.69, 9.17) is 10.2 Å². The molecule has 2 N–H and O–H groups in total. The average molecular weight is 211 g/mol. The first kappa shape index (κ1) is 9.91. The van der Waals surface area contributed by atoms with E-state index >= 15 is 0 Å². The Morgan fingerprint density at radius 1 is 1.50 bits per heavy atom. The number of rotatable bonds is 3. The van der Waals surface area contributed by atoms with Gasteiger partial charge in [-0.05, 0) is 5.92 Å². The van der Waals surface area contributed by atoms with Crippen LogP contribution in [-0.4, -0.2) is 27.1 Å². The molecule has 0 aliphatic carbocycles. The monoisotopic (exact) mass is 210 g/mol. The number of aliphatic hydroxyl groups is 1. The molecule has 0 unspecified atom stereocenters. The number of aliphatic hydroxyl groups excluding tert-OH is 1. The Morgan fingerprint density at radius 2 is 1.90 bits per heavy atom. The lowest BCUT2D eigenvalue weighted by Gasteiger charge is -2.16. The maximum Gasteiger partial charge on any atom is 0.319 e. The van der Waals surface area contributed by atoms with Gasteiger partial charge >= 0.3 is 5.97 Å². The van der Waals surface area contributed by atoms with E-state index in [0.29, 0.717) is 0 Å². The summed E-state index contributed by atoms with van der Waals surface area (Å²) in [6.07, 6.45) is -0.822. The summed E-state index contributed by atoms with van der Waals surface area (Å²) in [6.45, 7) is 3.53. The van der Waals surface area contributed by atoms with Crippen molar-refractivity contribution in [3.8, 4) is 0 Å². The van der Waals surface area contributed by atoms with Gasteiger partial charge in [-0.25, -0.2) is 0 Å². The van der Waals surface area contributed by atoms with Crippen LogP contribution in [0.1, 0.15) is 13.8 Å². The van der Waals surface area contributed by atoms with Gasteiger partial charge in [0.15, 0.2) is 0 Å². The molecule has 0 radical (unpaired) electrons. The van der Waals surface area contributed by atoms with Crippen molar-refractivity contribution < 1.29 is 15.0 Å². The van der Waals surface area contributed by atoms with E-state index in [0.717, 1.165) is 0 Å². The van der Waals surface area contributed by atoms with Crippen LogP contribution in [0.15, 0.2) is 0 Å². The lowest BCUT2D eigenvalue weighted by Crippen LogP contribution is -2.32. The Kier molecular flexibility index (Phi) is 3.89. The molecule has 0 saturated heterocycles. The molecule has 0 aliphatic heterocycles. The van der Waals surface area contributed by atoms with E-state index in [-0.39, 0.29) is 5.92 Å². The first-order chi connectivity index (χ1) is 4.46. The van der Waals surface area contributed by atoms with Crippen molar-refractivity contribution in [2.24, 2.45) is 5.92 Å². The van der Waals surface area contributed by atoms with Crippen LogP contribution >= 0.6 is 15.9 Å². The minimum atomic E-state index is -1.03. The first-order valence-electron chi connectivity index (χ1n) is 3.01. The highest BCUT2D eigenvalue weighted by Gasteiger charge is 2.25. The maximum absolute atomic E-state index is 10.2. The summed E-state index contributed by atoms with van der Waals surface area (Å²) in [5.74, 6) is -1.07. The van der Waals surface area contributed by atoms with Crippen LogP contribution in [0.3, 0.4) is 0 Å². The molecule has 0 rings (SSSR count). The van der Waals surface area contributed by atoms with Gasteiger partial charge < -0.3 is 10.2 Å². The van der Waals surface area contributed by atoms with Gasteiger partial charge in [-0.3, -0.25) is 4.79 Å². The molecule has 0 saturated carbocycles. The van der Waals surface area contributed by atoms with Crippen LogP contribution in [0.4, 0.5) is 0 Å². The van der Waals surface area contributed by atoms with Crippen molar-refractivity contribution in [1.29, 1.82) is 0 Å². The van der Waals surface area contributed by atoms with E-state index in [9.17, 15) is 4.79 Å². The lowest BCUT2D eigenvalue weighted by atomic mass is 10.0. The zero-order valence-corrected chi connectivity index (χ0v) is 7.50. The number of carbonyl (C=O) groups is 1. The molecular formula is C6H11BrO3. The molecule has 60 valence electrons. The topological polar surface area (TPSA) is 57.5 Å². The van der Waals surface area contributed by atoms with Gasteiger partial charge in [-0.1, -0.05) is 29.8 Å². The molecule has 0 spiro atoms. The number of aliphatic carboxylic acids is 1. The van der Waals surface area contributed by atoms with Crippen molar-refractivity contribution in [3.05, 3.63) is 0 Å². The summed E-state index contributed by atoms with van der Waals surface area (Å²) < 4.78 is 0. The number of hydrogen-bond donors (Lipinski definition) is 2. The summed E-state index contributed by atoms with van der Waals surface area (Å²) in [5, 5.41) is 17.5. The molecule has 0 fully saturated rings. The Morgan fingerprint density at radius 3 is 2.00 bits per heavy atom. The smallest absolute Gasteiger partial charge is 0.319 e. The van der Waals surface area contributed by atoms with E-state index in [2.05, 4.69) is 15.9 Å². The van der Waals surface area contributed by atoms with Crippen LogP contribution in [0.5, 0.6) is 0 Å². The van der Waals surface area contributed by atoms with Gasteiger partial charge in [-0.15, -0.1) is 0 Å². The highest BCUT2D eigenvalue weighted by Crippen LogP contribution is 2.13. The Labute approximate surface area is 68.2 Å². The minimum Gasteiger partial charge on any atom is -0.480 e. The number of carboxylic acid groups (broad SMARTS) is 1. The van der Waals surface area contributed by atoms with Crippen LogP contribution in [0, 0.1) is 5.92 Å². The number of carboxylic acids is 1. The van der Waals surface area contributed by atoms with Crippen LogP contribution < -0.4 is 0 Å². The number of hydrogen-bond acceptors (Lipinski definition) is 2. The van der Waals surface area contributed by atoms with Crippen molar-refractivity contribution in [2.45, 2.75) is 24.8 Å². The highest BCUT2D eigenvalue weighted by molar-refractivity contribution is 9.10. The van der Waals surface area contributed by atoms with Crippen LogP contribution in [0.25, 0.3) is 0 Å². The van der Waals surface area contributed by atoms with E-state index in [1.807, 2.05) is 0 Å². The third-order valence-electron chi connectivity index (χ3n) is 1.22. The molecule has 0 aromatic heterocycles. The van der Waals surface area contributed by atoms with E-state index < -0.39 is 16.9 Å². The zero-order valence-electron chi connectivity index (χ0n) is 5.91. The Hall–Kier alpha value is -0.0900. The third kappa shape index (κ3) is 2.66. The molecule has 0 amide bonds. The quantitative estimate of drug-likeness (QED) is 0.680. The number of halogens is 1. The molecule has 3 nitrogen and oxygen atoms in total. The fourth-order valence-corrected chi connectivity index (χ4v) is 1.09. The molecule has 10 heavy (non-hydrogen) atoms. The SMILES string of the molecule is CC(C)[C@@H](O)[C@@H](Br)C(=O)O. The fourth-order valence-electron chi connectivity index (χ4n) is 0.484. The molecule has 0 aliphatic rings. The molecule has 0 bridgehead atoms. The number of alkyl halides is 1. The van der Waals surface area contributed by atoms with Gasteiger partial charge in [0.2, 0.25) is 0 Å². The summed E-state index contributed by atoms with van der Waals surface area (Å²) in [7, 11) is 0. The van der Waals surface area contributed by atoms with Crippen LogP contribution in [0.2, 0.25) is 0 Å². The van der Waals surface area contributed by atoms with Gasteiger partial charge in [0.1, 0.15) is 4.83 Å². The predicted octanol–water partition coefficient (Wildman–Crippen LogP) is 0.851. The molecule has 4 heteroatoms. The standard InChI is InChI=1S/C6H11BrO3/c1-3(2)5(8)4(7)6(9)10/h3-5,8H,1-2H3,(H,9,10)/t4-,5-/m1/s1. The molecule has 2 atom stereocenters. The molecule has 0 heterocycles. The maximum atomic E-state index is 10.2. The van der Waals surface area contributed by atoms with Crippen LogP contribution in [-0.2, 0) is 4.79 Å². The minimum absolute atomic E-state index is 0.0412. The summed E-state index contributed by atoms with van der Waals surface area (Å²) in [6, 6.07) is 0. The van der Waals surface area contributed by atoms with E-state index in [1.54, 1.807) is 13.8 Å². The molecular weight excluding hydrogens is 200 g/mol.